The summed E-state index contributed by atoms with van der Waals surface area (Å²) in [5.41, 5.74) is 1.79. The minimum absolute atomic E-state index is 0.0850. The second kappa shape index (κ2) is 8.79. The monoisotopic (exact) mass is 389 g/mol. The Kier molecular flexibility index (Phi) is 6.70. The largest absolute Gasteiger partial charge is 0.348 e. The summed E-state index contributed by atoms with van der Waals surface area (Å²) in [6.45, 7) is 2.29. The van der Waals surface area contributed by atoms with E-state index in [0.717, 1.165) is 5.56 Å². The van der Waals surface area contributed by atoms with E-state index in [1.807, 2.05) is 0 Å². The topological polar surface area (TPSA) is 95.6 Å². The van der Waals surface area contributed by atoms with Crippen LogP contribution in [0.15, 0.2) is 53.4 Å². The fourth-order valence-corrected chi connectivity index (χ4v) is 3.41. The van der Waals surface area contributed by atoms with Crippen LogP contribution >= 0.6 is 0 Å². The number of amides is 2. The highest BCUT2D eigenvalue weighted by Crippen LogP contribution is 2.11. The highest BCUT2D eigenvalue weighted by molar-refractivity contribution is 7.89. The fourth-order valence-electron chi connectivity index (χ4n) is 2.37. The summed E-state index contributed by atoms with van der Waals surface area (Å²) in [6.07, 6.45) is 0. The van der Waals surface area contributed by atoms with Crippen LogP contribution in [-0.4, -0.2) is 45.8 Å². The van der Waals surface area contributed by atoms with Crippen LogP contribution < -0.4 is 10.0 Å². The minimum atomic E-state index is -3.54. The van der Waals surface area contributed by atoms with Crippen LogP contribution in [0.25, 0.3) is 0 Å². The number of carbonyl (C=O) groups excluding carboxylic acids is 2. The summed E-state index contributed by atoms with van der Waals surface area (Å²) in [5, 5.41) is 2.77. The van der Waals surface area contributed by atoms with E-state index in [1.54, 1.807) is 45.3 Å². The van der Waals surface area contributed by atoms with Gasteiger partial charge in [-0.2, -0.15) is 0 Å². The van der Waals surface area contributed by atoms with E-state index in [1.165, 1.54) is 29.2 Å². The molecule has 8 heteroatoms. The summed E-state index contributed by atoms with van der Waals surface area (Å²) in [7, 11) is -0.166. The van der Waals surface area contributed by atoms with Gasteiger partial charge in [-0.15, -0.1) is 0 Å². The summed E-state index contributed by atoms with van der Waals surface area (Å²) in [4.78, 5) is 25.7. The molecule has 0 aliphatic heterocycles. The standard InChI is InChI=1S/C19H23N3O4S/c1-4-21-27(25,26)17-11-9-15(10-12-17)18(23)20-13-14-5-7-16(8-6-14)19(24)22(2)3/h5-12,21H,4,13H2,1-3H3,(H,20,23). The van der Waals surface area contributed by atoms with Gasteiger partial charge in [0.05, 0.1) is 4.90 Å². The van der Waals surface area contributed by atoms with E-state index < -0.39 is 10.0 Å². The molecule has 0 aromatic heterocycles. The number of nitrogens with zero attached hydrogens (tertiary/aromatic N) is 1. The van der Waals surface area contributed by atoms with E-state index in [0.29, 0.717) is 24.2 Å². The fraction of sp³-hybridized carbons (Fsp3) is 0.263. The maximum atomic E-state index is 12.2. The summed E-state index contributed by atoms with van der Waals surface area (Å²) < 4.78 is 26.2. The predicted octanol–water partition coefficient (Wildman–Crippen LogP) is 1.62. The minimum Gasteiger partial charge on any atom is -0.348 e. The summed E-state index contributed by atoms with van der Waals surface area (Å²) in [5.74, 6) is -0.394. The Labute approximate surface area is 159 Å². The van der Waals surface area contributed by atoms with Crippen molar-refractivity contribution >= 4 is 21.8 Å². The third kappa shape index (κ3) is 5.38. The highest BCUT2D eigenvalue weighted by Gasteiger charge is 2.14. The van der Waals surface area contributed by atoms with E-state index in [-0.39, 0.29) is 16.7 Å². The van der Waals surface area contributed by atoms with Crippen LogP contribution in [0.3, 0.4) is 0 Å². The SMILES string of the molecule is CCNS(=O)(=O)c1ccc(C(=O)NCc2ccc(C(=O)N(C)C)cc2)cc1. The first-order valence-electron chi connectivity index (χ1n) is 8.43. The first kappa shape index (κ1) is 20.6. The zero-order valence-electron chi connectivity index (χ0n) is 15.5. The van der Waals surface area contributed by atoms with Gasteiger partial charge >= 0.3 is 0 Å². The third-order valence-corrected chi connectivity index (χ3v) is 5.38. The van der Waals surface area contributed by atoms with E-state index in [4.69, 9.17) is 0 Å². The van der Waals surface area contributed by atoms with Gasteiger partial charge in [0.2, 0.25) is 10.0 Å². The quantitative estimate of drug-likeness (QED) is 0.752. The molecule has 0 aliphatic carbocycles. The van der Waals surface area contributed by atoms with Crippen LogP contribution in [0.2, 0.25) is 0 Å². The van der Waals surface area contributed by atoms with Crippen LogP contribution in [0.1, 0.15) is 33.2 Å². The van der Waals surface area contributed by atoms with Crippen molar-refractivity contribution in [2.45, 2.75) is 18.4 Å². The lowest BCUT2D eigenvalue weighted by atomic mass is 10.1. The smallest absolute Gasteiger partial charge is 0.253 e. The van der Waals surface area contributed by atoms with Crippen molar-refractivity contribution < 1.29 is 18.0 Å². The molecule has 27 heavy (non-hydrogen) atoms. The number of carbonyl (C=O) groups is 2. The average Bonchev–Trinajstić information content (AvgIpc) is 2.66. The molecule has 0 heterocycles. The lowest BCUT2D eigenvalue weighted by molar-refractivity contribution is 0.0827. The molecule has 0 atom stereocenters. The molecule has 0 aliphatic rings. The number of nitrogens with one attached hydrogen (secondary N) is 2. The summed E-state index contributed by atoms with van der Waals surface area (Å²) in [6, 6.07) is 12.7. The Morgan fingerprint density at radius 2 is 1.48 bits per heavy atom. The van der Waals surface area contributed by atoms with Crippen LogP contribution in [0.5, 0.6) is 0 Å². The van der Waals surface area contributed by atoms with Crippen molar-refractivity contribution in [3.63, 3.8) is 0 Å². The third-order valence-electron chi connectivity index (χ3n) is 3.82. The predicted molar refractivity (Wildman–Crippen MR) is 103 cm³/mol. The maximum absolute atomic E-state index is 12.2. The second-order valence-electron chi connectivity index (χ2n) is 6.10. The van der Waals surface area contributed by atoms with Gasteiger partial charge in [-0.1, -0.05) is 19.1 Å². The Balaban J connectivity index is 1.98. The van der Waals surface area contributed by atoms with Gasteiger partial charge in [-0.05, 0) is 42.0 Å². The van der Waals surface area contributed by atoms with Gasteiger partial charge in [0.25, 0.3) is 11.8 Å². The number of hydrogen-bond donors (Lipinski definition) is 2. The normalized spacial score (nSPS) is 11.1. The highest BCUT2D eigenvalue weighted by atomic mass is 32.2. The molecule has 0 fully saturated rings. The molecule has 2 aromatic carbocycles. The zero-order chi connectivity index (χ0) is 20.0. The van der Waals surface area contributed by atoms with Gasteiger partial charge in [-0.25, -0.2) is 13.1 Å². The van der Waals surface area contributed by atoms with Crippen molar-refractivity contribution in [3.8, 4) is 0 Å². The van der Waals surface area contributed by atoms with Crippen molar-refractivity contribution in [3.05, 3.63) is 65.2 Å². The van der Waals surface area contributed by atoms with Gasteiger partial charge in [0.15, 0.2) is 0 Å². The molecule has 0 saturated heterocycles. The van der Waals surface area contributed by atoms with Gasteiger partial charge < -0.3 is 10.2 Å². The molecule has 0 saturated carbocycles. The van der Waals surface area contributed by atoms with Gasteiger partial charge in [0, 0.05) is 38.3 Å². The maximum Gasteiger partial charge on any atom is 0.253 e. The molecule has 0 unspecified atom stereocenters. The van der Waals surface area contributed by atoms with Crippen molar-refractivity contribution in [2.75, 3.05) is 20.6 Å². The number of rotatable bonds is 7. The molecule has 2 N–H and O–H groups in total. The first-order valence-corrected chi connectivity index (χ1v) is 9.91. The second-order valence-corrected chi connectivity index (χ2v) is 7.87. The van der Waals surface area contributed by atoms with Crippen molar-refractivity contribution in [1.29, 1.82) is 0 Å². The lowest BCUT2D eigenvalue weighted by Crippen LogP contribution is -2.24. The lowest BCUT2D eigenvalue weighted by Gasteiger charge is -2.11. The molecule has 0 spiro atoms. The molecule has 7 nitrogen and oxygen atoms in total. The molecule has 2 aromatic rings. The molecular weight excluding hydrogens is 366 g/mol. The van der Waals surface area contributed by atoms with Crippen molar-refractivity contribution in [1.82, 2.24) is 14.9 Å². The molecule has 0 radical (unpaired) electrons. The van der Waals surface area contributed by atoms with Crippen LogP contribution in [0, 0.1) is 0 Å². The van der Waals surface area contributed by atoms with E-state index in [2.05, 4.69) is 10.0 Å². The van der Waals surface area contributed by atoms with Gasteiger partial charge in [-0.3, -0.25) is 9.59 Å². The molecular formula is C19H23N3O4S. The average molecular weight is 389 g/mol. The number of sulfonamides is 1. The first-order chi connectivity index (χ1) is 12.7. The van der Waals surface area contributed by atoms with Crippen LogP contribution in [-0.2, 0) is 16.6 Å². The molecule has 2 amide bonds. The number of hydrogen-bond acceptors (Lipinski definition) is 4. The van der Waals surface area contributed by atoms with Crippen molar-refractivity contribution in [2.24, 2.45) is 0 Å². The zero-order valence-corrected chi connectivity index (χ0v) is 16.3. The molecule has 144 valence electrons. The van der Waals surface area contributed by atoms with Gasteiger partial charge in [0.1, 0.15) is 0 Å². The van der Waals surface area contributed by atoms with Crippen LogP contribution in [0.4, 0.5) is 0 Å². The Bertz CT molecular complexity index is 905. The van der Waals surface area contributed by atoms with E-state index >= 15 is 0 Å². The molecule has 0 bridgehead atoms. The number of benzene rings is 2. The Morgan fingerprint density at radius 3 is 2.00 bits per heavy atom. The summed E-state index contributed by atoms with van der Waals surface area (Å²) >= 11 is 0. The molecule has 2 rings (SSSR count). The Morgan fingerprint density at radius 1 is 0.926 bits per heavy atom. The Hall–Kier alpha value is -2.71. The van der Waals surface area contributed by atoms with E-state index in [9.17, 15) is 18.0 Å².